The number of amides is 1. The lowest BCUT2D eigenvalue weighted by atomic mass is 9.85. The Labute approximate surface area is 188 Å². The second-order valence-electron chi connectivity index (χ2n) is 9.09. The Bertz CT molecular complexity index is 1140. The van der Waals surface area contributed by atoms with Crippen LogP contribution in [0.4, 0.5) is 10.1 Å². The number of nitrogens with zero attached hydrogens (tertiary/aromatic N) is 1. The number of sulfonamides is 1. The number of rotatable bonds is 6. The summed E-state index contributed by atoms with van der Waals surface area (Å²) in [5, 5.41) is 13.1. The van der Waals surface area contributed by atoms with E-state index in [4.69, 9.17) is 0 Å². The summed E-state index contributed by atoms with van der Waals surface area (Å²) in [6.45, 7) is 6.75. The average molecular weight is 464 g/mol. The van der Waals surface area contributed by atoms with Crippen LogP contribution in [0.25, 0.3) is 0 Å². The minimum atomic E-state index is -3.52. The van der Waals surface area contributed by atoms with Crippen LogP contribution in [-0.4, -0.2) is 30.7 Å². The Balaban J connectivity index is 1.71. The molecule has 1 aromatic carbocycles. The summed E-state index contributed by atoms with van der Waals surface area (Å²) in [6, 6.07) is 5.80. The van der Waals surface area contributed by atoms with Crippen molar-refractivity contribution in [2.24, 2.45) is 5.92 Å². The van der Waals surface area contributed by atoms with Crippen molar-refractivity contribution >= 4 is 21.6 Å². The second kappa shape index (κ2) is 8.78. The van der Waals surface area contributed by atoms with E-state index in [2.05, 4.69) is 15.0 Å². The summed E-state index contributed by atoms with van der Waals surface area (Å²) >= 11 is 0. The molecule has 9 heteroatoms. The largest absolute Gasteiger partial charge is 0.384 e. The lowest BCUT2D eigenvalue weighted by Crippen LogP contribution is -2.36. The predicted octanol–water partition coefficient (Wildman–Crippen LogP) is 3.11. The van der Waals surface area contributed by atoms with Crippen LogP contribution < -0.4 is 10.0 Å². The number of anilines is 1. The highest BCUT2D eigenvalue weighted by molar-refractivity contribution is 7.92. The average Bonchev–Trinajstić information content (AvgIpc) is 2.67. The highest BCUT2D eigenvalue weighted by atomic mass is 32.2. The van der Waals surface area contributed by atoms with Gasteiger partial charge in [0.25, 0.3) is 0 Å². The molecule has 0 aliphatic heterocycles. The maximum Gasteiger partial charge on any atom is 0.229 e. The zero-order valence-corrected chi connectivity index (χ0v) is 19.8. The van der Waals surface area contributed by atoms with Gasteiger partial charge in [0.2, 0.25) is 15.9 Å². The van der Waals surface area contributed by atoms with Crippen molar-refractivity contribution in [2.45, 2.75) is 58.6 Å². The SMILES string of the molecule is Cc1cc([C@@H](C)NC(=O)C2CCc3nc(C(C)(C)O)ccc3C2)c(F)cc1NS(C)(=O)=O. The van der Waals surface area contributed by atoms with Crippen LogP contribution in [0.5, 0.6) is 0 Å². The fraction of sp³-hybridized carbons (Fsp3) is 0.478. The van der Waals surface area contributed by atoms with E-state index in [0.717, 1.165) is 23.6 Å². The molecule has 1 unspecified atom stereocenters. The first-order chi connectivity index (χ1) is 14.7. The van der Waals surface area contributed by atoms with Crippen LogP contribution in [-0.2, 0) is 33.3 Å². The molecule has 1 aliphatic carbocycles. The first-order valence-electron chi connectivity index (χ1n) is 10.5. The molecule has 0 radical (unpaired) electrons. The Kier molecular flexibility index (Phi) is 6.62. The summed E-state index contributed by atoms with van der Waals surface area (Å²) in [4.78, 5) is 17.4. The number of hydrogen-bond acceptors (Lipinski definition) is 5. The molecular formula is C23H30FN3O4S. The molecule has 2 aromatic rings. The molecule has 1 aromatic heterocycles. The molecule has 0 saturated carbocycles. The Morgan fingerprint density at radius 2 is 2.00 bits per heavy atom. The van der Waals surface area contributed by atoms with Crippen molar-refractivity contribution in [1.82, 2.24) is 10.3 Å². The fourth-order valence-corrected chi connectivity index (χ4v) is 4.55. The van der Waals surface area contributed by atoms with Crippen molar-refractivity contribution in [2.75, 3.05) is 11.0 Å². The quantitative estimate of drug-likeness (QED) is 0.610. The molecule has 0 spiro atoms. The van der Waals surface area contributed by atoms with Crippen molar-refractivity contribution < 1.29 is 22.7 Å². The van der Waals surface area contributed by atoms with E-state index in [0.29, 0.717) is 36.1 Å². The number of aryl methyl sites for hydroxylation is 2. The minimum absolute atomic E-state index is 0.162. The summed E-state index contributed by atoms with van der Waals surface area (Å²) in [6.07, 6.45) is 2.79. The van der Waals surface area contributed by atoms with Crippen molar-refractivity contribution in [3.8, 4) is 0 Å². The normalized spacial score (nSPS) is 17.4. The molecule has 1 amide bonds. The molecule has 1 heterocycles. The molecule has 3 rings (SSSR count). The first-order valence-corrected chi connectivity index (χ1v) is 12.4. The molecule has 0 saturated heterocycles. The van der Waals surface area contributed by atoms with E-state index in [1.54, 1.807) is 39.8 Å². The van der Waals surface area contributed by atoms with E-state index >= 15 is 0 Å². The summed E-state index contributed by atoms with van der Waals surface area (Å²) in [5.41, 5.74) is 2.50. The number of pyridine rings is 1. The van der Waals surface area contributed by atoms with Gasteiger partial charge in [-0.1, -0.05) is 6.07 Å². The van der Waals surface area contributed by atoms with Crippen LogP contribution in [0.3, 0.4) is 0 Å². The maximum absolute atomic E-state index is 14.7. The van der Waals surface area contributed by atoms with Gasteiger partial charge in [-0.3, -0.25) is 14.5 Å². The Morgan fingerprint density at radius 1 is 1.31 bits per heavy atom. The van der Waals surface area contributed by atoms with Crippen LogP contribution in [0.1, 0.15) is 61.3 Å². The number of fused-ring (bicyclic) bond motifs is 1. The van der Waals surface area contributed by atoms with Gasteiger partial charge in [-0.15, -0.1) is 0 Å². The third-order valence-electron chi connectivity index (χ3n) is 5.73. The fourth-order valence-electron chi connectivity index (χ4n) is 3.93. The maximum atomic E-state index is 14.7. The van der Waals surface area contributed by atoms with Crippen LogP contribution in [0.2, 0.25) is 0 Å². The zero-order chi connectivity index (χ0) is 23.8. The van der Waals surface area contributed by atoms with Crippen LogP contribution in [0, 0.1) is 18.7 Å². The van der Waals surface area contributed by atoms with Crippen LogP contribution >= 0.6 is 0 Å². The van der Waals surface area contributed by atoms with Gasteiger partial charge in [0.1, 0.15) is 11.4 Å². The second-order valence-corrected chi connectivity index (χ2v) is 10.8. The zero-order valence-electron chi connectivity index (χ0n) is 19.0. The molecule has 3 N–H and O–H groups in total. The van der Waals surface area contributed by atoms with Gasteiger partial charge in [-0.2, -0.15) is 0 Å². The van der Waals surface area contributed by atoms with Gasteiger partial charge in [-0.05, 0) is 76.3 Å². The first kappa shape index (κ1) is 24.1. The Hall–Kier alpha value is -2.52. The molecule has 2 atom stereocenters. The van der Waals surface area contributed by atoms with Crippen molar-refractivity contribution in [3.05, 3.63) is 58.2 Å². The lowest BCUT2D eigenvalue weighted by Gasteiger charge is -2.27. The van der Waals surface area contributed by atoms with E-state index in [9.17, 15) is 22.7 Å². The van der Waals surface area contributed by atoms with Gasteiger partial charge in [0, 0.05) is 17.2 Å². The number of aromatic nitrogens is 1. The molecule has 0 bridgehead atoms. The summed E-state index contributed by atoms with van der Waals surface area (Å²) in [5.74, 6) is -1.01. The molecular weight excluding hydrogens is 433 g/mol. The number of hydrogen-bond donors (Lipinski definition) is 3. The standard InChI is InChI=1S/C23H30FN3O4S/c1-13-10-17(18(24)12-20(13)27-32(5,30)31)14(2)25-22(28)16-6-8-19-15(11-16)7-9-21(26-19)23(3,4)29/h7,9-10,12,14,16,27,29H,6,8,11H2,1-5H3,(H,25,28)/t14-,16?/m1/s1. The predicted molar refractivity (Wildman–Crippen MR) is 121 cm³/mol. The van der Waals surface area contributed by atoms with Crippen molar-refractivity contribution in [3.63, 3.8) is 0 Å². The molecule has 0 fully saturated rings. The molecule has 7 nitrogen and oxygen atoms in total. The third-order valence-corrected chi connectivity index (χ3v) is 6.32. The number of aliphatic hydroxyl groups is 1. The van der Waals surface area contributed by atoms with E-state index in [1.807, 2.05) is 6.07 Å². The molecule has 32 heavy (non-hydrogen) atoms. The minimum Gasteiger partial charge on any atom is -0.384 e. The number of carbonyl (C=O) groups excluding carboxylic acids is 1. The van der Waals surface area contributed by atoms with Crippen LogP contribution in [0.15, 0.2) is 24.3 Å². The highest BCUT2D eigenvalue weighted by Gasteiger charge is 2.28. The van der Waals surface area contributed by atoms with Gasteiger partial charge in [0.15, 0.2) is 0 Å². The van der Waals surface area contributed by atoms with Gasteiger partial charge >= 0.3 is 0 Å². The monoisotopic (exact) mass is 463 g/mol. The number of nitrogens with one attached hydrogen (secondary N) is 2. The van der Waals surface area contributed by atoms with Gasteiger partial charge in [-0.25, -0.2) is 12.8 Å². The molecule has 1 aliphatic rings. The highest BCUT2D eigenvalue weighted by Crippen LogP contribution is 2.29. The van der Waals surface area contributed by atoms with E-state index in [-0.39, 0.29) is 17.5 Å². The van der Waals surface area contributed by atoms with Gasteiger partial charge in [0.05, 0.1) is 23.7 Å². The number of benzene rings is 1. The molecule has 174 valence electrons. The van der Waals surface area contributed by atoms with E-state index < -0.39 is 27.5 Å². The van der Waals surface area contributed by atoms with Crippen molar-refractivity contribution in [1.29, 1.82) is 0 Å². The number of halogens is 1. The van der Waals surface area contributed by atoms with Gasteiger partial charge < -0.3 is 10.4 Å². The van der Waals surface area contributed by atoms with E-state index in [1.165, 1.54) is 0 Å². The lowest BCUT2D eigenvalue weighted by molar-refractivity contribution is -0.126. The third kappa shape index (κ3) is 5.63. The Morgan fingerprint density at radius 3 is 2.62 bits per heavy atom. The smallest absolute Gasteiger partial charge is 0.229 e. The summed E-state index contributed by atoms with van der Waals surface area (Å²) < 4.78 is 39.9. The summed E-state index contributed by atoms with van der Waals surface area (Å²) in [7, 11) is -3.52. The number of carbonyl (C=O) groups is 1. The topological polar surface area (TPSA) is 108 Å².